The minimum absolute atomic E-state index is 0.153. The molecule has 2 aromatic rings. The minimum atomic E-state index is -0.203. The standard InChI is InChI=1S/C15H18ClN3O2/c1-10-8-14(18-19(10)3)15(20)17-9-11(2)21-13-6-4-12(16)5-7-13/h4-8,11H,9H2,1-3H3,(H,17,20)/t11-/m1/s1. The SMILES string of the molecule is Cc1cc(C(=O)NC[C@@H](C)Oc2ccc(Cl)cc2)nn1C. The molecular formula is C15H18ClN3O2. The van der Waals surface area contributed by atoms with Crippen LogP contribution in [0.3, 0.4) is 0 Å². The minimum Gasteiger partial charge on any atom is -0.489 e. The summed E-state index contributed by atoms with van der Waals surface area (Å²) in [5.74, 6) is 0.514. The highest BCUT2D eigenvalue weighted by molar-refractivity contribution is 6.30. The van der Waals surface area contributed by atoms with Crippen LogP contribution in [-0.2, 0) is 7.05 Å². The molecule has 1 N–H and O–H groups in total. The normalized spacial score (nSPS) is 12.0. The van der Waals surface area contributed by atoms with Gasteiger partial charge in [0.1, 0.15) is 17.5 Å². The van der Waals surface area contributed by atoms with E-state index in [9.17, 15) is 4.79 Å². The van der Waals surface area contributed by atoms with Crippen LogP contribution in [0.5, 0.6) is 5.75 Å². The molecule has 0 radical (unpaired) electrons. The lowest BCUT2D eigenvalue weighted by Gasteiger charge is -2.15. The van der Waals surface area contributed by atoms with Gasteiger partial charge in [-0.2, -0.15) is 5.10 Å². The summed E-state index contributed by atoms with van der Waals surface area (Å²) in [5, 5.41) is 7.60. The zero-order valence-corrected chi connectivity index (χ0v) is 13.0. The van der Waals surface area contributed by atoms with Crippen molar-refractivity contribution in [1.29, 1.82) is 0 Å². The maximum atomic E-state index is 12.0. The lowest BCUT2D eigenvalue weighted by atomic mass is 10.3. The Morgan fingerprint density at radius 1 is 1.43 bits per heavy atom. The molecule has 1 amide bonds. The van der Waals surface area contributed by atoms with Crippen LogP contribution < -0.4 is 10.1 Å². The molecule has 0 saturated heterocycles. The van der Waals surface area contributed by atoms with Crippen molar-refractivity contribution in [2.75, 3.05) is 6.54 Å². The number of carbonyl (C=O) groups excluding carboxylic acids is 1. The molecule has 0 aliphatic heterocycles. The van der Waals surface area contributed by atoms with Crippen LogP contribution in [0.2, 0.25) is 5.02 Å². The van der Waals surface area contributed by atoms with E-state index in [0.717, 1.165) is 11.4 Å². The Hall–Kier alpha value is -2.01. The molecule has 2 rings (SSSR count). The lowest BCUT2D eigenvalue weighted by Crippen LogP contribution is -2.33. The third kappa shape index (κ3) is 4.23. The van der Waals surface area contributed by atoms with Crippen molar-refractivity contribution in [3.63, 3.8) is 0 Å². The number of hydrogen-bond donors (Lipinski definition) is 1. The van der Waals surface area contributed by atoms with Crippen LogP contribution in [-0.4, -0.2) is 28.3 Å². The Labute approximate surface area is 128 Å². The van der Waals surface area contributed by atoms with Crippen LogP contribution in [0, 0.1) is 6.92 Å². The highest BCUT2D eigenvalue weighted by Crippen LogP contribution is 2.16. The molecule has 1 aromatic carbocycles. The summed E-state index contributed by atoms with van der Waals surface area (Å²) in [6, 6.07) is 8.86. The van der Waals surface area contributed by atoms with Crippen molar-refractivity contribution in [2.45, 2.75) is 20.0 Å². The van der Waals surface area contributed by atoms with Crippen LogP contribution in [0.25, 0.3) is 0 Å². The predicted molar refractivity (Wildman–Crippen MR) is 81.8 cm³/mol. The first-order chi connectivity index (χ1) is 9.95. The molecule has 0 aliphatic rings. The number of aryl methyl sites for hydroxylation is 2. The molecule has 0 unspecified atom stereocenters. The van der Waals surface area contributed by atoms with Crippen molar-refractivity contribution in [3.05, 3.63) is 46.7 Å². The highest BCUT2D eigenvalue weighted by atomic mass is 35.5. The van der Waals surface area contributed by atoms with Crippen LogP contribution in [0.4, 0.5) is 0 Å². The number of hydrogen-bond acceptors (Lipinski definition) is 3. The highest BCUT2D eigenvalue weighted by Gasteiger charge is 2.12. The summed E-state index contributed by atoms with van der Waals surface area (Å²) >= 11 is 5.81. The average molecular weight is 308 g/mol. The summed E-state index contributed by atoms with van der Waals surface area (Å²) in [5.41, 5.74) is 1.35. The Kier molecular flexibility index (Phi) is 4.85. The topological polar surface area (TPSA) is 56.1 Å². The number of ether oxygens (including phenoxy) is 1. The fourth-order valence-electron chi connectivity index (χ4n) is 1.79. The Morgan fingerprint density at radius 3 is 2.67 bits per heavy atom. The number of amides is 1. The second kappa shape index (κ2) is 6.63. The van der Waals surface area contributed by atoms with Gasteiger partial charge in [0.15, 0.2) is 0 Å². The summed E-state index contributed by atoms with van der Waals surface area (Å²) < 4.78 is 7.35. The van der Waals surface area contributed by atoms with E-state index in [1.54, 1.807) is 42.1 Å². The van der Waals surface area contributed by atoms with Gasteiger partial charge in [-0.1, -0.05) is 11.6 Å². The molecule has 0 saturated carbocycles. The fourth-order valence-corrected chi connectivity index (χ4v) is 1.91. The van der Waals surface area contributed by atoms with E-state index in [1.807, 2.05) is 13.8 Å². The first-order valence-electron chi connectivity index (χ1n) is 6.67. The summed E-state index contributed by atoms with van der Waals surface area (Å²) in [4.78, 5) is 12.0. The lowest BCUT2D eigenvalue weighted by molar-refractivity contribution is 0.0926. The number of nitrogens with one attached hydrogen (secondary N) is 1. The van der Waals surface area contributed by atoms with E-state index < -0.39 is 0 Å². The second-order valence-corrected chi connectivity index (χ2v) is 5.32. The molecule has 0 fully saturated rings. The number of benzene rings is 1. The number of nitrogens with zero attached hydrogens (tertiary/aromatic N) is 2. The van der Waals surface area contributed by atoms with Crippen LogP contribution >= 0.6 is 11.6 Å². The second-order valence-electron chi connectivity index (χ2n) is 4.89. The van der Waals surface area contributed by atoms with E-state index in [2.05, 4.69) is 10.4 Å². The van der Waals surface area contributed by atoms with Gasteiger partial charge in [0.25, 0.3) is 5.91 Å². The molecule has 1 heterocycles. The Bertz CT molecular complexity index is 603. The van der Waals surface area contributed by atoms with E-state index in [1.165, 1.54) is 0 Å². The van der Waals surface area contributed by atoms with Crippen LogP contribution in [0.15, 0.2) is 30.3 Å². The van der Waals surface area contributed by atoms with Gasteiger partial charge in [-0.25, -0.2) is 0 Å². The number of carbonyl (C=O) groups is 1. The molecule has 0 bridgehead atoms. The van der Waals surface area contributed by atoms with Gasteiger partial charge >= 0.3 is 0 Å². The molecule has 1 aromatic heterocycles. The van der Waals surface area contributed by atoms with Crippen molar-refractivity contribution in [3.8, 4) is 5.75 Å². The summed E-state index contributed by atoms with van der Waals surface area (Å²) in [6.45, 7) is 4.19. The first kappa shape index (κ1) is 15.4. The largest absolute Gasteiger partial charge is 0.489 e. The molecule has 6 heteroatoms. The third-order valence-electron chi connectivity index (χ3n) is 3.05. The van der Waals surface area contributed by atoms with Gasteiger partial charge in [0, 0.05) is 17.8 Å². The van der Waals surface area contributed by atoms with Gasteiger partial charge in [-0.3, -0.25) is 9.48 Å². The van der Waals surface area contributed by atoms with Crippen molar-refractivity contribution >= 4 is 17.5 Å². The fraction of sp³-hybridized carbons (Fsp3) is 0.333. The maximum Gasteiger partial charge on any atom is 0.271 e. The molecule has 21 heavy (non-hydrogen) atoms. The van der Waals surface area contributed by atoms with Gasteiger partial charge in [0.05, 0.1) is 6.54 Å². The van der Waals surface area contributed by atoms with Gasteiger partial charge in [0.2, 0.25) is 0 Å². The Balaban J connectivity index is 1.84. The van der Waals surface area contributed by atoms with Crippen molar-refractivity contribution < 1.29 is 9.53 Å². The van der Waals surface area contributed by atoms with Gasteiger partial charge < -0.3 is 10.1 Å². The molecule has 5 nitrogen and oxygen atoms in total. The number of rotatable bonds is 5. The zero-order chi connectivity index (χ0) is 15.4. The summed E-state index contributed by atoms with van der Waals surface area (Å²) in [7, 11) is 1.80. The van der Waals surface area contributed by atoms with Gasteiger partial charge in [-0.05, 0) is 44.2 Å². The monoisotopic (exact) mass is 307 g/mol. The van der Waals surface area contributed by atoms with Crippen molar-refractivity contribution in [1.82, 2.24) is 15.1 Å². The predicted octanol–water partition coefficient (Wildman–Crippen LogP) is 2.58. The zero-order valence-electron chi connectivity index (χ0n) is 12.3. The maximum absolute atomic E-state index is 12.0. The molecule has 1 atom stereocenters. The summed E-state index contributed by atoms with van der Waals surface area (Å²) in [6.07, 6.45) is -0.153. The Morgan fingerprint density at radius 2 is 2.10 bits per heavy atom. The number of aromatic nitrogens is 2. The van der Waals surface area contributed by atoms with Crippen molar-refractivity contribution in [2.24, 2.45) is 7.05 Å². The molecule has 0 aliphatic carbocycles. The van der Waals surface area contributed by atoms with E-state index in [4.69, 9.17) is 16.3 Å². The smallest absolute Gasteiger partial charge is 0.271 e. The molecule has 0 spiro atoms. The molecular weight excluding hydrogens is 290 g/mol. The first-order valence-corrected chi connectivity index (χ1v) is 7.04. The third-order valence-corrected chi connectivity index (χ3v) is 3.30. The number of halogens is 1. The van der Waals surface area contributed by atoms with E-state index in [-0.39, 0.29) is 12.0 Å². The van der Waals surface area contributed by atoms with Crippen LogP contribution in [0.1, 0.15) is 23.1 Å². The molecule has 112 valence electrons. The average Bonchev–Trinajstić information content (AvgIpc) is 2.79. The van der Waals surface area contributed by atoms with Gasteiger partial charge in [-0.15, -0.1) is 0 Å². The quantitative estimate of drug-likeness (QED) is 0.923. The van der Waals surface area contributed by atoms with E-state index in [0.29, 0.717) is 17.3 Å². The van der Waals surface area contributed by atoms with E-state index >= 15 is 0 Å².